The Bertz CT molecular complexity index is 840. The zero-order valence-electron chi connectivity index (χ0n) is 17.9. The molecule has 156 valence electrons. The van der Waals surface area contributed by atoms with Crippen LogP contribution in [-0.4, -0.2) is 36.8 Å². The van der Waals surface area contributed by atoms with Gasteiger partial charge in [-0.3, -0.25) is 4.79 Å². The summed E-state index contributed by atoms with van der Waals surface area (Å²) in [7, 11) is 0. The van der Waals surface area contributed by atoms with Crippen molar-refractivity contribution in [2.45, 2.75) is 52.1 Å². The van der Waals surface area contributed by atoms with Crippen molar-refractivity contribution in [3.05, 3.63) is 53.6 Å². The van der Waals surface area contributed by atoms with Crippen molar-refractivity contribution >= 4 is 17.3 Å². The first kappa shape index (κ1) is 21.2. The van der Waals surface area contributed by atoms with Gasteiger partial charge in [0.25, 0.3) is 0 Å². The second-order valence-electron chi connectivity index (χ2n) is 8.64. The minimum atomic E-state index is -0.215. The minimum Gasteiger partial charge on any atom is -0.484 e. The number of likely N-dealkylation sites (N-methyl/N-ethyl adjacent to an activating group) is 1. The molecule has 1 aliphatic heterocycles. The number of hydrogen-bond donors (Lipinski definition) is 2. The Morgan fingerprint density at radius 1 is 1.21 bits per heavy atom. The number of nitrogens with one attached hydrogen (secondary N) is 1. The van der Waals surface area contributed by atoms with Gasteiger partial charge in [-0.25, -0.2) is 0 Å². The summed E-state index contributed by atoms with van der Waals surface area (Å²) < 4.78 is 5.81. The number of hydrogen-bond acceptors (Lipinski definition) is 4. The molecule has 0 saturated carbocycles. The summed E-state index contributed by atoms with van der Waals surface area (Å²) in [6.45, 7) is 10.1. The van der Waals surface area contributed by atoms with Crippen molar-refractivity contribution in [2.75, 3.05) is 29.9 Å². The number of amides is 1. The standard InChI is InChI=1S/C24H32N2O3/c1-5-26-15-20(16-27)29-22-12-11-19(14-21(22)26)25-23(28)13-8-17-6-9-18(10-7-17)24(2,3)4/h6-7,9-12,14,20,27H,5,8,13,15-16H2,1-4H3,(H,25,28). The van der Waals surface area contributed by atoms with E-state index in [1.54, 1.807) is 0 Å². The summed E-state index contributed by atoms with van der Waals surface area (Å²) in [6.07, 6.45) is 0.934. The summed E-state index contributed by atoms with van der Waals surface area (Å²) in [5, 5.41) is 12.4. The lowest BCUT2D eigenvalue weighted by atomic mass is 9.86. The minimum absolute atomic E-state index is 0.00198. The fraction of sp³-hybridized carbons (Fsp3) is 0.458. The van der Waals surface area contributed by atoms with Crippen molar-refractivity contribution in [3.8, 4) is 5.75 Å². The number of aliphatic hydroxyl groups is 1. The molecule has 0 fully saturated rings. The molecule has 2 aromatic rings. The van der Waals surface area contributed by atoms with Crippen LogP contribution in [0, 0.1) is 0 Å². The van der Waals surface area contributed by atoms with E-state index in [4.69, 9.17) is 4.74 Å². The van der Waals surface area contributed by atoms with Crippen LogP contribution in [-0.2, 0) is 16.6 Å². The van der Waals surface area contributed by atoms with E-state index in [1.165, 1.54) is 11.1 Å². The Balaban J connectivity index is 1.60. The predicted octanol–water partition coefficient (Wildman–Crippen LogP) is 4.14. The average Bonchev–Trinajstić information content (AvgIpc) is 2.71. The third-order valence-corrected chi connectivity index (χ3v) is 5.35. The smallest absolute Gasteiger partial charge is 0.224 e. The maximum Gasteiger partial charge on any atom is 0.224 e. The SMILES string of the molecule is CCN1CC(CO)Oc2ccc(NC(=O)CCc3ccc(C(C)(C)C)cc3)cc21. The van der Waals surface area contributed by atoms with Crippen molar-refractivity contribution in [1.82, 2.24) is 0 Å². The first-order valence-corrected chi connectivity index (χ1v) is 10.4. The number of rotatable bonds is 6. The van der Waals surface area contributed by atoms with Crippen LogP contribution in [0.2, 0.25) is 0 Å². The molecule has 0 radical (unpaired) electrons. The molecule has 0 aromatic heterocycles. The van der Waals surface area contributed by atoms with Gasteiger partial charge < -0.3 is 20.1 Å². The number of aryl methyl sites for hydroxylation is 1. The number of aliphatic hydroxyl groups excluding tert-OH is 1. The normalized spacial score (nSPS) is 16.2. The van der Waals surface area contributed by atoms with Gasteiger partial charge >= 0.3 is 0 Å². The Morgan fingerprint density at radius 2 is 1.93 bits per heavy atom. The highest BCUT2D eigenvalue weighted by molar-refractivity contribution is 5.91. The lowest BCUT2D eigenvalue weighted by molar-refractivity contribution is -0.116. The summed E-state index contributed by atoms with van der Waals surface area (Å²) in [5.74, 6) is 0.743. The maximum atomic E-state index is 12.4. The van der Waals surface area contributed by atoms with Crippen molar-refractivity contribution in [2.24, 2.45) is 0 Å². The summed E-state index contributed by atoms with van der Waals surface area (Å²) >= 11 is 0. The first-order chi connectivity index (χ1) is 13.8. The van der Waals surface area contributed by atoms with Crippen LogP contribution in [0.4, 0.5) is 11.4 Å². The van der Waals surface area contributed by atoms with Crippen LogP contribution in [0.1, 0.15) is 45.2 Å². The van der Waals surface area contributed by atoms with Crippen LogP contribution < -0.4 is 15.0 Å². The fourth-order valence-electron chi connectivity index (χ4n) is 3.55. The van der Waals surface area contributed by atoms with Gasteiger partial charge in [0.2, 0.25) is 5.91 Å². The molecule has 1 heterocycles. The molecular weight excluding hydrogens is 364 g/mol. The van der Waals surface area contributed by atoms with Gasteiger partial charge in [0, 0.05) is 18.7 Å². The molecule has 1 atom stereocenters. The van der Waals surface area contributed by atoms with E-state index in [0.717, 1.165) is 23.7 Å². The highest BCUT2D eigenvalue weighted by Gasteiger charge is 2.24. The zero-order valence-corrected chi connectivity index (χ0v) is 17.9. The Kier molecular flexibility index (Phi) is 6.48. The molecule has 0 bridgehead atoms. The number of anilines is 2. The lowest BCUT2D eigenvalue weighted by Gasteiger charge is -2.35. The van der Waals surface area contributed by atoms with Gasteiger partial charge in [0.1, 0.15) is 11.9 Å². The highest BCUT2D eigenvalue weighted by atomic mass is 16.5. The number of benzene rings is 2. The quantitative estimate of drug-likeness (QED) is 0.771. The van der Waals surface area contributed by atoms with E-state index in [1.807, 2.05) is 18.2 Å². The van der Waals surface area contributed by atoms with E-state index in [-0.39, 0.29) is 24.0 Å². The van der Waals surface area contributed by atoms with Crippen LogP contribution in [0.5, 0.6) is 5.75 Å². The van der Waals surface area contributed by atoms with E-state index in [0.29, 0.717) is 19.4 Å². The molecule has 0 aliphatic carbocycles. The number of carbonyl (C=O) groups excluding carboxylic acids is 1. The van der Waals surface area contributed by atoms with Gasteiger partial charge in [-0.05, 0) is 48.1 Å². The third kappa shape index (κ3) is 5.30. The second-order valence-corrected chi connectivity index (χ2v) is 8.64. The molecule has 1 unspecified atom stereocenters. The van der Waals surface area contributed by atoms with Crippen LogP contribution in [0.15, 0.2) is 42.5 Å². The molecule has 1 aliphatic rings. The topological polar surface area (TPSA) is 61.8 Å². The largest absolute Gasteiger partial charge is 0.484 e. The van der Waals surface area contributed by atoms with Crippen molar-refractivity contribution < 1.29 is 14.6 Å². The molecule has 3 rings (SSSR count). The Labute approximate surface area is 173 Å². The van der Waals surface area contributed by atoms with Gasteiger partial charge in [-0.1, -0.05) is 45.0 Å². The molecule has 0 saturated heterocycles. The lowest BCUT2D eigenvalue weighted by Crippen LogP contribution is -2.41. The van der Waals surface area contributed by atoms with Crippen LogP contribution in [0.25, 0.3) is 0 Å². The molecule has 2 N–H and O–H groups in total. The molecule has 2 aromatic carbocycles. The van der Waals surface area contributed by atoms with Gasteiger partial charge in [-0.2, -0.15) is 0 Å². The summed E-state index contributed by atoms with van der Waals surface area (Å²) in [5.41, 5.74) is 4.31. The zero-order chi connectivity index (χ0) is 21.0. The Morgan fingerprint density at radius 3 is 2.55 bits per heavy atom. The number of ether oxygens (including phenoxy) is 1. The highest BCUT2D eigenvalue weighted by Crippen LogP contribution is 2.35. The Hall–Kier alpha value is -2.53. The van der Waals surface area contributed by atoms with Crippen molar-refractivity contribution in [1.29, 1.82) is 0 Å². The van der Waals surface area contributed by atoms with Gasteiger partial charge in [0.15, 0.2) is 0 Å². The molecule has 5 nitrogen and oxygen atoms in total. The second kappa shape index (κ2) is 8.87. The first-order valence-electron chi connectivity index (χ1n) is 10.4. The van der Waals surface area contributed by atoms with Gasteiger partial charge in [-0.15, -0.1) is 0 Å². The van der Waals surface area contributed by atoms with Crippen LogP contribution >= 0.6 is 0 Å². The number of carbonyl (C=O) groups is 1. The van der Waals surface area contributed by atoms with Gasteiger partial charge in [0.05, 0.1) is 18.8 Å². The monoisotopic (exact) mass is 396 g/mol. The molecule has 5 heteroatoms. The molecule has 29 heavy (non-hydrogen) atoms. The number of fused-ring (bicyclic) bond motifs is 1. The van der Waals surface area contributed by atoms with Crippen molar-refractivity contribution in [3.63, 3.8) is 0 Å². The summed E-state index contributed by atoms with van der Waals surface area (Å²) in [4.78, 5) is 14.6. The van der Waals surface area contributed by atoms with E-state index in [2.05, 4.69) is 62.2 Å². The molecule has 1 amide bonds. The summed E-state index contributed by atoms with van der Waals surface area (Å²) in [6, 6.07) is 14.2. The predicted molar refractivity (Wildman–Crippen MR) is 118 cm³/mol. The van der Waals surface area contributed by atoms with E-state index >= 15 is 0 Å². The number of nitrogens with zero attached hydrogens (tertiary/aromatic N) is 1. The maximum absolute atomic E-state index is 12.4. The van der Waals surface area contributed by atoms with E-state index < -0.39 is 0 Å². The van der Waals surface area contributed by atoms with Crippen LogP contribution in [0.3, 0.4) is 0 Å². The van der Waals surface area contributed by atoms with E-state index in [9.17, 15) is 9.90 Å². The molecule has 0 spiro atoms. The fourth-order valence-corrected chi connectivity index (χ4v) is 3.55. The third-order valence-electron chi connectivity index (χ3n) is 5.35. The average molecular weight is 397 g/mol. The molecular formula is C24H32N2O3.